The first kappa shape index (κ1) is 37.3. The number of nitrogens with zero attached hydrogens (tertiary/aromatic N) is 1. The minimum Gasteiger partial charge on any atom is -0.310 e. The van der Waals surface area contributed by atoms with Crippen LogP contribution in [0.4, 0.5) is 17.1 Å². The minimum atomic E-state index is -0.285. The van der Waals surface area contributed by atoms with E-state index in [9.17, 15) is 0 Å². The summed E-state index contributed by atoms with van der Waals surface area (Å²) in [5, 5.41) is 2.50. The van der Waals surface area contributed by atoms with E-state index in [-0.39, 0.29) is 5.41 Å². The van der Waals surface area contributed by atoms with Gasteiger partial charge in [0.05, 0.1) is 0 Å². The first-order chi connectivity index (χ1) is 30.5. The van der Waals surface area contributed by atoms with Crippen molar-refractivity contribution in [3.05, 3.63) is 248 Å². The lowest BCUT2D eigenvalue weighted by molar-refractivity contribution is 0.661. The Morgan fingerprint density at radius 2 is 0.774 bits per heavy atom. The van der Waals surface area contributed by atoms with E-state index in [1.54, 1.807) is 0 Å². The minimum absolute atomic E-state index is 0.285. The average molecular weight is 792 g/mol. The molecule has 1 nitrogen and oxygen atoms in total. The standard InChI is InChI=1S/C61H45N/c1-61(2)58-39-50(56-38-49(42-17-7-3-8-18-42)31-35-54(56)45-20-9-4-10-21-45)32-36-55(58)60-57(46-22-11-5-12-23-46)40-53(41-59(60)61)62(51-25-13-6-14-26-51)52-33-29-44(30-34-52)48-28-27-43-19-15-16-24-47(43)37-48/h3-41H,1-2H3. The van der Waals surface area contributed by atoms with Gasteiger partial charge in [-0.05, 0) is 143 Å². The van der Waals surface area contributed by atoms with Crippen molar-refractivity contribution in [3.63, 3.8) is 0 Å². The highest BCUT2D eigenvalue weighted by atomic mass is 15.1. The molecule has 0 heterocycles. The zero-order valence-electron chi connectivity index (χ0n) is 35.0. The van der Waals surface area contributed by atoms with Crippen LogP contribution in [0.2, 0.25) is 0 Å². The van der Waals surface area contributed by atoms with Crippen LogP contribution in [0, 0.1) is 0 Å². The lowest BCUT2D eigenvalue weighted by Gasteiger charge is -2.29. The van der Waals surface area contributed by atoms with Crippen molar-refractivity contribution in [1.82, 2.24) is 0 Å². The molecule has 0 saturated carbocycles. The molecule has 1 aliphatic rings. The Morgan fingerprint density at radius 3 is 1.47 bits per heavy atom. The fourth-order valence-corrected chi connectivity index (χ4v) is 9.64. The molecule has 0 aromatic heterocycles. The van der Waals surface area contributed by atoms with E-state index in [1.807, 2.05) is 0 Å². The predicted molar refractivity (Wildman–Crippen MR) is 263 cm³/mol. The molecule has 1 heteroatoms. The molecule has 0 saturated heterocycles. The highest BCUT2D eigenvalue weighted by molar-refractivity contribution is 5.98. The molecule has 0 unspecified atom stereocenters. The largest absolute Gasteiger partial charge is 0.310 e. The Labute approximate surface area is 364 Å². The van der Waals surface area contributed by atoms with Gasteiger partial charge in [0.1, 0.15) is 0 Å². The molecule has 10 aromatic rings. The van der Waals surface area contributed by atoms with E-state index < -0.39 is 0 Å². The van der Waals surface area contributed by atoms with E-state index in [4.69, 9.17) is 0 Å². The molecule has 1 aliphatic carbocycles. The third-order valence-electron chi connectivity index (χ3n) is 12.8. The van der Waals surface area contributed by atoms with Crippen molar-refractivity contribution in [2.24, 2.45) is 0 Å². The van der Waals surface area contributed by atoms with E-state index in [1.165, 1.54) is 88.7 Å². The van der Waals surface area contributed by atoms with Crippen LogP contribution in [-0.4, -0.2) is 0 Å². The van der Waals surface area contributed by atoms with E-state index in [0.29, 0.717) is 0 Å². The molecule has 0 fully saturated rings. The summed E-state index contributed by atoms with van der Waals surface area (Å²) in [5.74, 6) is 0. The van der Waals surface area contributed by atoms with Gasteiger partial charge in [-0.2, -0.15) is 0 Å². The summed E-state index contributed by atoms with van der Waals surface area (Å²) in [4.78, 5) is 2.42. The Bertz CT molecular complexity index is 3220. The van der Waals surface area contributed by atoms with Crippen LogP contribution in [0.15, 0.2) is 237 Å². The third kappa shape index (κ3) is 6.60. The van der Waals surface area contributed by atoms with Crippen molar-refractivity contribution < 1.29 is 0 Å². The molecular formula is C61H45N. The predicted octanol–water partition coefficient (Wildman–Crippen LogP) is 17.0. The quantitative estimate of drug-likeness (QED) is 0.148. The molecule has 0 spiro atoms. The summed E-state index contributed by atoms with van der Waals surface area (Å²) >= 11 is 0. The maximum absolute atomic E-state index is 2.47. The topological polar surface area (TPSA) is 3.24 Å². The van der Waals surface area contributed by atoms with Crippen LogP contribution >= 0.6 is 0 Å². The van der Waals surface area contributed by atoms with Crippen molar-refractivity contribution in [3.8, 4) is 66.8 Å². The average Bonchev–Trinajstić information content (AvgIpc) is 3.57. The molecule has 0 bridgehead atoms. The Kier molecular flexibility index (Phi) is 9.24. The highest BCUT2D eigenvalue weighted by Crippen LogP contribution is 2.55. The number of rotatable bonds is 8. The molecular weight excluding hydrogens is 747 g/mol. The Hall–Kier alpha value is -7.74. The molecule has 0 aliphatic heterocycles. The molecule has 294 valence electrons. The van der Waals surface area contributed by atoms with Gasteiger partial charge in [0.15, 0.2) is 0 Å². The lowest BCUT2D eigenvalue weighted by atomic mass is 9.80. The fourth-order valence-electron chi connectivity index (χ4n) is 9.64. The number of hydrogen-bond donors (Lipinski definition) is 0. The van der Waals surface area contributed by atoms with Gasteiger partial charge >= 0.3 is 0 Å². The summed E-state index contributed by atoms with van der Waals surface area (Å²) < 4.78 is 0. The normalized spacial score (nSPS) is 12.5. The van der Waals surface area contributed by atoms with Crippen molar-refractivity contribution >= 4 is 27.8 Å². The monoisotopic (exact) mass is 791 g/mol. The molecule has 0 radical (unpaired) electrons. The highest BCUT2D eigenvalue weighted by Gasteiger charge is 2.38. The first-order valence-electron chi connectivity index (χ1n) is 21.6. The summed E-state index contributed by atoms with van der Waals surface area (Å²) in [7, 11) is 0. The van der Waals surface area contributed by atoms with Gasteiger partial charge in [0.25, 0.3) is 0 Å². The second-order valence-corrected chi connectivity index (χ2v) is 16.9. The summed E-state index contributed by atoms with van der Waals surface area (Å²) in [6.07, 6.45) is 0. The molecule has 10 aromatic carbocycles. The van der Waals surface area contributed by atoms with Gasteiger partial charge in [-0.25, -0.2) is 0 Å². The van der Waals surface area contributed by atoms with Crippen LogP contribution in [0.3, 0.4) is 0 Å². The summed E-state index contributed by atoms with van der Waals surface area (Å²) in [6, 6.07) is 86.6. The van der Waals surface area contributed by atoms with E-state index >= 15 is 0 Å². The number of para-hydroxylation sites is 1. The molecule has 11 rings (SSSR count). The molecule has 0 atom stereocenters. The van der Waals surface area contributed by atoms with Crippen LogP contribution in [-0.2, 0) is 5.41 Å². The molecule has 0 N–H and O–H groups in total. The maximum Gasteiger partial charge on any atom is 0.0471 e. The summed E-state index contributed by atoms with van der Waals surface area (Å²) in [5.41, 5.74) is 20.6. The lowest BCUT2D eigenvalue weighted by Crippen LogP contribution is -2.17. The van der Waals surface area contributed by atoms with Gasteiger partial charge in [0.2, 0.25) is 0 Å². The maximum atomic E-state index is 2.47. The van der Waals surface area contributed by atoms with Gasteiger partial charge < -0.3 is 4.90 Å². The first-order valence-corrected chi connectivity index (χ1v) is 21.6. The second kappa shape index (κ2) is 15.4. The van der Waals surface area contributed by atoms with Crippen LogP contribution in [0.25, 0.3) is 77.5 Å². The second-order valence-electron chi connectivity index (χ2n) is 16.9. The SMILES string of the molecule is CC1(C)c2cc(-c3cc(-c4ccccc4)ccc3-c3ccccc3)ccc2-c2c(-c3ccccc3)cc(N(c3ccccc3)c3ccc(-c4ccc5ccccc5c4)cc3)cc21. The van der Waals surface area contributed by atoms with Gasteiger partial charge in [-0.15, -0.1) is 0 Å². The third-order valence-corrected chi connectivity index (χ3v) is 12.8. The Balaban J connectivity index is 1.07. The van der Waals surface area contributed by atoms with Crippen molar-refractivity contribution in [2.45, 2.75) is 19.3 Å². The van der Waals surface area contributed by atoms with Crippen LogP contribution in [0.1, 0.15) is 25.0 Å². The zero-order valence-corrected chi connectivity index (χ0v) is 35.0. The van der Waals surface area contributed by atoms with E-state index in [2.05, 4.69) is 255 Å². The Morgan fingerprint density at radius 1 is 0.274 bits per heavy atom. The zero-order chi connectivity index (χ0) is 41.6. The van der Waals surface area contributed by atoms with Crippen molar-refractivity contribution in [2.75, 3.05) is 4.90 Å². The molecule has 62 heavy (non-hydrogen) atoms. The van der Waals surface area contributed by atoms with Crippen LogP contribution < -0.4 is 4.90 Å². The molecule has 0 amide bonds. The number of hydrogen-bond acceptors (Lipinski definition) is 1. The smallest absolute Gasteiger partial charge is 0.0471 e. The fraction of sp³-hybridized carbons (Fsp3) is 0.0492. The number of fused-ring (bicyclic) bond motifs is 4. The van der Waals surface area contributed by atoms with Crippen molar-refractivity contribution in [1.29, 1.82) is 0 Å². The number of anilines is 3. The van der Waals surface area contributed by atoms with Crippen LogP contribution in [0.5, 0.6) is 0 Å². The van der Waals surface area contributed by atoms with Gasteiger partial charge in [0, 0.05) is 22.5 Å². The number of benzene rings is 10. The summed E-state index contributed by atoms with van der Waals surface area (Å²) in [6.45, 7) is 4.81. The van der Waals surface area contributed by atoms with E-state index in [0.717, 1.165) is 17.1 Å². The van der Waals surface area contributed by atoms with Gasteiger partial charge in [-0.3, -0.25) is 0 Å². The van der Waals surface area contributed by atoms with Gasteiger partial charge in [-0.1, -0.05) is 196 Å².